The highest BCUT2D eigenvalue weighted by Crippen LogP contribution is 2.48. The molecule has 0 fully saturated rings. The molecule has 0 saturated heterocycles. The maximum Gasteiger partial charge on any atom is 0.336 e. The lowest BCUT2D eigenvalue weighted by atomic mass is 9.77. The Kier molecular flexibility index (Phi) is 8.23. The van der Waals surface area contributed by atoms with Crippen molar-refractivity contribution in [1.29, 1.82) is 4.78 Å². The largest absolute Gasteiger partial charge is 0.475 e. The van der Waals surface area contributed by atoms with Crippen LogP contribution in [0.15, 0.2) is 108 Å². The van der Waals surface area contributed by atoms with Gasteiger partial charge in [-0.1, -0.05) is 97.1 Å². The number of carbonyl (C=O) groups is 1. The fraction of sp³-hybridized carbons (Fsp3) is 0.300. The first-order valence-electron chi connectivity index (χ1n) is 17.4. The van der Waals surface area contributed by atoms with Crippen molar-refractivity contribution in [3.05, 3.63) is 142 Å². The third-order valence-corrected chi connectivity index (χ3v) is 12.2. The van der Waals surface area contributed by atoms with Gasteiger partial charge in [-0.2, -0.15) is 5.10 Å². The fourth-order valence-electron chi connectivity index (χ4n) is 8.29. The third-order valence-electron chi connectivity index (χ3n) is 10.4. The Morgan fingerprint density at radius 3 is 1.90 bits per heavy atom. The van der Waals surface area contributed by atoms with Crippen LogP contribution in [0.2, 0.25) is 0 Å². The molecule has 0 spiro atoms. The van der Waals surface area contributed by atoms with Crippen molar-refractivity contribution in [2.75, 3.05) is 32.6 Å². The Morgan fingerprint density at radius 2 is 1.40 bits per heavy atom. The van der Waals surface area contributed by atoms with E-state index in [0.717, 1.165) is 55.3 Å². The van der Waals surface area contributed by atoms with E-state index in [1.807, 2.05) is 110 Å². The van der Waals surface area contributed by atoms with E-state index in [2.05, 4.69) is 16.5 Å². The molecule has 4 aromatic carbocycles. The van der Waals surface area contributed by atoms with E-state index in [9.17, 15) is 4.78 Å². The van der Waals surface area contributed by atoms with Crippen LogP contribution in [0.3, 0.4) is 0 Å². The van der Waals surface area contributed by atoms with Gasteiger partial charge >= 0.3 is 6.03 Å². The first kappa shape index (κ1) is 32.3. The van der Waals surface area contributed by atoms with Gasteiger partial charge in [0.1, 0.15) is 23.1 Å². The van der Waals surface area contributed by atoms with Crippen molar-refractivity contribution in [1.82, 2.24) is 19.0 Å². The van der Waals surface area contributed by atoms with E-state index in [0.29, 0.717) is 29.8 Å². The standard InChI is InChI=1S/C40H42N6O3S/c1-44(2)26-33-27-49-38-36(25-42-45(33)38)50(41,48)46(39(47)43-37-34-22-12-14-28(34)24-29-15-13-23-35(29)37)40(30-16-6-3-7-17-30,31-18-8-4-9-19-31)32-20-10-5-11-21-32/h3-11,16-21,24-25,33,41H,12-15,22-23,26-27H2,1-2H3,(H,43,47). The SMILES string of the molecule is CN(C)CC1COc2c(S(=N)(=O)N(C(=O)Nc3c4c(cc5c3CCC5)CCC4)C(c3ccccc3)(c3ccccc3)c3ccccc3)cnn21. The Morgan fingerprint density at radius 1 is 0.880 bits per heavy atom. The van der Waals surface area contributed by atoms with Crippen LogP contribution >= 0.6 is 0 Å². The second-order valence-electron chi connectivity index (χ2n) is 13.8. The average Bonchev–Trinajstić information content (AvgIpc) is 3.94. The second-order valence-corrected chi connectivity index (χ2v) is 15.6. The van der Waals surface area contributed by atoms with Gasteiger partial charge in [0.15, 0.2) is 9.92 Å². The number of nitrogens with one attached hydrogen (secondary N) is 2. The van der Waals surface area contributed by atoms with Crippen LogP contribution in [0, 0.1) is 4.78 Å². The topological polar surface area (TPSA) is 104 Å². The van der Waals surface area contributed by atoms with E-state index in [-0.39, 0.29) is 16.8 Å². The summed E-state index contributed by atoms with van der Waals surface area (Å²) in [6.45, 7) is 0.989. The van der Waals surface area contributed by atoms with Gasteiger partial charge in [-0.25, -0.2) is 22.8 Å². The predicted octanol–water partition coefficient (Wildman–Crippen LogP) is 7.20. The Labute approximate surface area is 294 Å². The van der Waals surface area contributed by atoms with Gasteiger partial charge in [-0.3, -0.25) is 0 Å². The maximum absolute atomic E-state index is 15.9. The lowest BCUT2D eigenvalue weighted by Crippen LogP contribution is -2.55. The molecule has 0 radical (unpaired) electrons. The molecule has 2 N–H and O–H groups in total. The highest BCUT2D eigenvalue weighted by Gasteiger charge is 2.52. The Bertz CT molecular complexity index is 2020. The van der Waals surface area contributed by atoms with Crippen molar-refractivity contribution in [2.24, 2.45) is 0 Å². The molecule has 0 saturated carbocycles. The minimum atomic E-state index is -4.19. The third kappa shape index (κ3) is 5.20. The summed E-state index contributed by atoms with van der Waals surface area (Å²) in [5.74, 6) is 0.263. The van der Waals surface area contributed by atoms with Gasteiger partial charge in [0.25, 0.3) is 0 Å². The number of nitrogens with zero attached hydrogens (tertiary/aromatic N) is 4. The molecule has 9 nitrogen and oxygen atoms in total. The van der Waals surface area contributed by atoms with Gasteiger partial charge in [0, 0.05) is 12.2 Å². The van der Waals surface area contributed by atoms with Crippen molar-refractivity contribution in [2.45, 2.75) is 55.0 Å². The molecule has 3 aliphatic rings. The first-order valence-corrected chi connectivity index (χ1v) is 18.9. The summed E-state index contributed by atoms with van der Waals surface area (Å²) in [5.41, 5.74) is 6.28. The van der Waals surface area contributed by atoms with Crippen molar-refractivity contribution in [3.63, 3.8) is 0 Å². The highest BCUT2D eigenvalue weighted by molar-refractivity contribution is 7.90. The van der Waals surface area contributed by atoms with E-state index < -0.39 is 21.5 Å². The van der Waals surface area contributed by atoms with E-state index in [1.165, 1.54) is 21.6 Å². The zero-order valence-corrected chi connectivity index (χ0v) is 29.3. The predicted molar refractivity (Wildman–Crippen MR) is 195 cm³/mol. The van der Waals surface area contributed by atoms with Crippen LogP contribution in [0.25, 0.3) is 0 Å². The first-order chi connectivity index (χ1) is 24.3. The molecule has 1 aliphatic heterocycles. The zero-order valence-electron chi connectivity index (χ0n) is 28.5. The highest BCUT2D eigenvalue weighted by atomic mass is 32.2. The summed E-state index contributed by atoms with van der Waals surface area (Å²) in [6.07, 6.45) is 7.19. The number of likely N-dealkylation sites (N-methyl/N-ethyl adjacent to an activating group) is 1. The van der Waals surface area contributed by atoms with Crippen molar-refractivity contribution >= 4 is 21.6 Å². The molecule has 8 rings (SSSR count). The molecule has 5 aromatic rings. The quantitative estimate of drug-likeness (QED) is 0.160. The molecule has 1 aromatic heterocycles. The Hall–Kier alpha value is -4.93. The summed E-state index contributed by atoms with van der Waals surface area (Å²) < 4.78 is 35.2. The molecular weight excluding hydrogens is 645 g/mol. The number of benzene rings is 4. The number of ether oxygens (including phenoxy) is 1. The summed E-state index contributed by atoms with van der Waals surface area (Å²) >= 11 is 0. The number of carbonyl (C=O) groups excluding carboxylic acids is 1. The number of hydrogen-bond donors (Lipinski definition) is 2. The number of aryl methyl sites for hydroxylation is 2. The molecule has 2 unspecified atom stereocenters. The molecule has 256 valence electrons. The minimum absolute atomic E-state index is 0.0737. The van der Waals surface area contributed by atoms with Crippen LogP contribution < -0.4 is 10.1 Å². The molecule has 2 aliphatic carbocycles. The van der Waals surface area contributed by atoms with Crippen LogP contribution in [0.4, 0.5) is 10.5 Å². The van der Waals surface area contributed by atoms with Gasteiger partial charge in [0.05, 0.1) is 6.20 Å². The van der Waals surface area contributed by atoms with Crippen LogP contribution in [-0.2, 0) is 41.1 Å². The van der Waals surface area contributed by atoms with Crippen molar-refractivity contribution < 1.29 is 13.7 Å². The monoisotopic (exact) mass is 686 g/mol. The van der Waals surface area contributed by atoms with E-state index in [1.54, 1.807) is 4.68 Å². The second kappa shape index (κ2) is 12.8. The number of urea groups is 1. The average molecular weight is 687 g/mol. The van der Waals surface area contributed by atoms with E-state index >= 15 is 9.00 Å². The lowest BCUT2D eigenvalue weighted by molar-refractivity contribution is 0.217. The van der Waals surface area contributed by atoms with Crippen molar-refractivity contribution in [3.8, 4) is 5.88 Å². The van der Waals surface area contributed by atoms with Crippen LogP contribution in [0.5, 0.6) is 5.88 Å². The summed E-state index contributed by atoms with van der Waals surface area (Å²) in [7, 11) is -0.227. The van der Waals surface area contributed by atoms with E-state index in [4.69, 9.17) is 4.74 Å². The van der Waals surface area contributed by atoms with Gasteiger partial charge in [-0.15, -0.1) is 0 Å². The number of fused-ring (bicyclic) bond motifs is 3. The summed E-state index contributed by atoms with van der Waals surface area (Å²) in [6, 6.07) is 30.5. The lowest BCUT2D eigenvalue weighted by Gasteiger charge is -2.45. The number of rotatable bonds is 9. The Balaban J connectivity index is 1.40. The van der Waals surface area contributed by atoms with Gasteiger partial charge < -0.3 is 15.0 Å². The molecular formula is C40H42N6O3S. The summed E-state index contributed by atoms with van der Waals surface area (Å²) in [4.78, 5) is 17.7. The molecule has 50 heavy (non-hydrogen) atoms. The fourth-order valence-corrected chi connectivity index (χ4v) is 10.1. The molecule has 10 heteroatoms. The normalized spacial score (nSPS) is 17.5. The number of amides is 2. The number of hydrogen-bond acceptors (Lipinski definition) is 6. The molecule has 2 heterocycles. The van der Waals surface area contributed by atoms with Gasteiger partial charge in [0.2, 0.25) is 5.88 Å². The minimum Gasteiger partial charge on any atom is -0.475 e. The van der Waals surface area contributed by atoms with Gasteiger partial charge in [-0.05, 0) is 91.6 Å². The number of anilines is 1. The zero-order chi connectivity index (χ0) is 34.5. The maximum atomic E-state index is 15.9. The molecule has 0 bridgehead atoms. The van der Waals surface area contributed by atoms with Crippen LogP contribution in [0.1, 0.15) is 57.8 Å². The smallest absolute Gasteiger partial charge is 0.336 e. The molecule has 2 amide bonds. The number of aromatic nitrogens is 2. The summed E-state index contributed by atoms with van der Waals surface area (Å²) in [5, 5.41) is 7.97. The molecule has 2 atom stereocenters. The van der Waals surface area contributed by atoms with Crippen LogP contribution in [-0.4, -0.2) is 56.5 Å².